The number of carbonyl (C=O) groups is 1. The smallest absolute Gasteiger partial charge is 0.411 e. The molecule has 0 bridgehead atoms. The summed E-state index contributed by atoms with van der Waals surface area (Å²) in [7, 11) is 0. The highest BCUT2D eigenvalue weighted by atomic mass is 79.9. The molecule has 0 atom stereocenters. The fourth-order valence-electron chi connectivity index (χ4n) is 1.06. The van der Waals surface area contributed by atoms with Gasteiger partial charge in [0.15, 0.2) is 6.79 Å². The van der Waals surface area contributed by atoms with Gasteiger partial charge in [0.25, 0.3) is 0 Å². The van der Waals surface area contributed by atoms with E-state index in [-0.39, 0.29) is 11.3 Å². The molecule has 18 heavy (non-hydrogen) atoms. The van der Waals surface area contributed by atoms with E-state index in [0.29, 0.717) is 4.47 Å². The second-order valence-electron chi connectivity index (χ2n) is 3.17. The van der Waals surface area contributed by atoms with Gasteiger partial charge in [0.1, 0.15) is 17.9 Å². The molecule has 1 aromatic carbocycles. The number of carboxylic acids is 1. The molecule has 4 nitrogen and oxygen atoms in total. The maximum atomic E-state index is 11.8. The fourth-order valence-corrected chi connectivity index (χ4v) is 1.42. The Balaban J connectivity index is 2.59. The standard InChI is InChI=1S/C10H8BrF3O4/c11-6-1-2-8(7(3-6)9(15)16)18-5-17-4-10(12,13)14/h1-3H,4-5H2,(H,15,16). The van der Waals surface area contributed by atoms with Crippen LogP contribution in [0, 0.1) is 0 Å². The van der Waals surface area contributed by atoms with Gasteiger partial charge in [0.2, 0.25) is 0 Å². The minimum Gasteiger partial charge on any atom is -0.478 e. The minimum absolute atomic E-state index is 0.0622. The third-order valence-corrected chi connectivity index (χ3v) is 2.23. The molecule has 0 saturated heterocycles. The third kappa shape index (κ3) is 4.92. The van der Waals surface area contributed by atoms with Gasteiger partial charge in [0.05, 0.1) is 0 Å². The molecule has 0 fully saturated rings. The summed E-state index contributed by atoms with van der Waals surface area (Å²) in [5.41, 5.74) is -0.167. The van der Waals surface area contributed by atoms with E-state index in [2.05, 4.69) is 20.7 Å². The number of hydrogen-bond donors (Lipinski definition) is 1. The molecule has 1 rings (SSSR count). The Morgan fingerprint density at radius 3 is 2.61 bits per heavy atom. The van der Waals surface area contributed by atoms with Crippen LogP contribution in [0.15, 0.2) is 22.7 Å². The first-order valence-corrected chi connectivity index (χ1v) is 5.39. The zero-order valence-corrected chi connectivity index (χ0v) is 10.4. The lowest BCUT2D eigenvalue weighted by Crippen LogP contribution is -2.19. The molecular weight excluding hydrogens is 321 g/mol. The van der Waals surface area contributed by atoms with E-state index in [1.54, 1.807) is 0 Å². The number of halogens is 4. The van der Waals surface area contributed by atoms with E-state index in [4.69, 9.17) is 9.84 Å². The molecule has 0 heterocycles. The SMILES string of the molecule is O=C(O)c1cc(Br)ccc1OCOCC(F)(F)F. The summed E-state index contributed by atoms with van der Waals surface area (Å²) in [6.07, 6.45) is -4.45. The summed E-state index contributed by atoms with van der Waals surface area (Å²) in [6, 6.07) is 4.11. The molecule has 0 aliphatic carbocycles. The summed E-state index contributed by atoms with van der Waals surface area (Å²) >= 11 is 3.07. The van der Waals surface area contributed by atoms with Crippen LogP contribution in [0.1, 0.15) is 10.4 Å². The maximum Gasteiger partial charge on any atom is 0.411 e. The lowest BCUT2D eigenvalue weighted by atomic mass is 10.2. The molecule has 0 saturated carbocycles. The number of rotatable bonds is 5. The van der Waals surface area contributed by atoms with Crippen molar-refractivity contribution >= 4 is 21.9 Å². The second-order valence-corrected chi connectivity index (χ2v) is 4.09. The number of alkyl halides is 3. The van der Waals surface area contributed by atoms with E-state index in [9.17, 15) is 18.0 Å². The second kappa shape index (κ2) is 6.05. The van der Waals surface area contributed by atoms with Crippen LogP contribution in [-0.2, 0) is 4.74 Å². The van der Waals surface area contributed by atoms with Crippen LogP contribution in [0.2, 0.25) is 0 Å². The Labute approximate surface area is 108 Å². The van der Waals surface area contributed by atoms with Crippen LogP contribution in [0.4, 0.5) is 13.2 Å². The predicted octanol–water partition coefficient (Wildman–Crippen LogP) is 3.06. The van der Waals surface area contributed by atoms with Crippen LogP contribution in [0.5, 0.6) is 5.75 Å². The molecule has 0 aliphatic rings. The highest BCUT2D eigenvalue weighted by molar-refractivity contribution is 9.10. The monoisotopic (exact) mass is 328 g/mol. The van der Waals surface area contributed by atoms with Crippen molar-refractivity contribution in [2.24, 2.45) is 0 Å². The van der Waals surface area contributed by atoms with Crippen molar-refractivity contribution in [2.75, 3.05) is 13.4 Å². The minimum atomic E-state index is -4.45. The molecule has 100 valence electrons. The van der Waals surface area contributed by atoms with Crippen molar-refractivity contribution in [3.05, 3.63) is 28.2 Å². The Morgan fingerprint density at radius 2 is 2.06 bits per heavy atom. The Hall–Kier alpha value is -1.28. The van der Waals surface area contributed by atoms with Gasteiger partial charge < -0.3 is 14.6 Å². The molecule has 0 amide bonds. The Morgan fingerprint density at radius 1 is 1.39 bits per heavy atom. The van der Waals surface area contributed by atoms with Crippen molar-refractivity contribution in [3.8, 4) is 5.75 Å². The Bertz CT molecular complexity index is 434. The van der Waals surface area contributed by atoms with Gasteiger partial charge in [0, 0.05) is 4.47 Å². The largest absolute Gasteiger partial charge is 0.478 e. The highest BCUT2D eigenvalue weighted by Crippen LogP contribution is 2.23. The average molecular weight is 329 g/mol. The molecule has 0 spiro atoms. The summed E-state index contributed by atoms with van der Waals surface area (Å²) in [4.78, 5) is 10.8. The van der Waals surface area contributed by atoms with Crippen molar-refractivity contribution in [2.45, 2.75) is 6.18 Å². The molecule has 0 aromatic heterocycles. The van der Waals surface area contributed by atoms with E-state index in [1.807, 2.05) is 0 Å². The molecule has 1 N–H and O–H groups in total. The number of aromatic carboxylic acids is 1. The van der Waals surface area contributed by atoms with E-state index < -0.39 is 25.5 Å². The van der Waals surface area contributed by atoms with Gasteiger partial charge in [-0.3, -0.25) is 0 Å². The number of ether oxygens (including phenoxy) is 2. The predicted molar refractivity (Wildman–Crippen MR) is 58.6 cm³/mol. The summed E-state index contributed by atoms with van der Waals surface area (Å²) in [6.45, 7) is -2.13. The van der Waals surface area contributed by atoms with Crippen molar-refractivity contribution < 1.29 is 32.5 Å². The summed E-state index contributed by atoms with van der Waals surface area (Å²) in [5.74, 6) is -1.31. The quantitative estimate of drug-likeness (QED) is 0.666. The first-order chi connectivity index (χ1) is 8.29. The first kappa shape index (κ1) is 14.8. The van der Waals surface area contributed by atoms with Crippen LogP contribution < -0.4 is 4.74 Å². The maximum absolute atomic E-state index is 11.8. The van der Waals surface area contributed by atoms with Crippen LogP contribution in [0.3, 0.4) is 0 Å². The summed E-state index contributed by atoms with van der Waals surface area (Å²) < 4.78 is 44.8. The average Bonchev–Trinajstić information content (AvgIpc) is 2.24. The van der Waals surface area contributed by atoms with Gasteiger partial charge in [-0.2, -0.15) is 13.2 Å². The first-order valence-electron chi connectivity index (χ1n) is 4.60. The van der Waals surface area contributed by atoms with E-state index >= 15 is 0 Å². The molecule has 0 unspecified atom stereocenters. The molecule has 0 aliphatic heterocycles. The van der Waals surface area contributed by atoms with Gasteiger partial charge in [-0.25, -0.2) is 4.79 Å². The molecule has 0 radical (unpaired) electrons. The van der Waals surface area contributed by atoms with Crippen LogP contribution >= 0.6 is 15.9 Å². The Kier molecular flexibility index (Phi) is 4.97. The van der Waals surface area contributed by atoms with Gasteiger partial charge >= 0.3 is 12.1 Å². The lowest BCUT2D eigenvalue weighted by molar-refractivity contribution is -0.186. The molecule has 8 heteroatoms. The normalized spacial score (nSPS) is 11.3. The van der Waals surface area contributed by atoms with Crippen molar-refractivity contribution in [1.82, 2.24) is 0 Å². The van der Waals surface area contributed by atoms with Gasteiger partial charge in [-0.15, -0.1) is 0 Å². The van der Waals surface area contributed by atoms with Crippen LogP contribution in [0.25, 0.3) is 0 Å². The van der Waals surface area contributed by atoms with E-state index in [0.717, 1.165) is 0 Å². The number of carboxylic acid groups (broad SMARTS) is 1. The molecular formula is C10H8BrF3O4. The highest BCUT2D eigenvalue weighted by Gasteiger charge is 2.27. The molecule has 1 aromatic rings. The fraction of sp³-hybridized carbons (Fsp3) is 0.300. The summed E-state index contributed by atoms with van der Waals surface area (Å²) in [5, 5.41) is 8.85. The lowest BCUT2D eigenvalue weighted by Gasteiger charge is -2.11. The zero-order chi connectivity index (χ0) is 13.8. The van der Waals surface area contributed by atoms with Gasteiger partial charge in [-0.05, 0) is 18.2 Å². The topological polar surface area (TPSA) is 55.8 Å². The van der Waals surface area contributed by atoms with Crippen molar-refractivity contribution in [3.63, 3.8) is 0 Å². The zero-order valence-electron chi connectivity index (χ0n) is 8.83. The van der Waals surface area contributed by atoms with E-state index in [1.165, 1.54) is 18.2 Å². The van der Waals surface area contributed by atoms with Gasteiger partial charge in [-0.1, -0.05) is 15.9 Å². The third-order valence-electron chi connectivity index (χ3n) is 1.74. The number of benzene rings is 1. The number of hydrogen-bond acceptors (Lipinski definition) is 3. The van der Waals surface area contributed by atoms with Crippen molar-refractivity contribution in [1.29, 1.82) is 0 Å². The van der Waals surface area contributed by atoms with Crippen LogP contribution in [-0.4, -0.2) is 30.7 Å².